The SMILES string of the molecule is CC1CC(C)CC(CCOC(=O)Cn2cnc3c(cnn3C)c2=O)C1. The Morgan fingerprint density at radius 2 is 2.00 bits per heavy atom. The van der Waals surface area contributed by atoms with Crippen LogP contribution in [0.25, 0.3) is 11.0 Å². The first-order valence-electron chi connectivity index (χ1n) is 8.96. The molecule has 0 saturated heterocycles. The van der Waals surface area contributed by atoms with Crippen molar-refractivity contribution in [1.29, 1.82) is 0 Å². The lowest BCUT2D eigenvalue weighted by atomic mass is 9.75. The summed E-state index contributed by atoms with van der Waals surface area (Å²) in [4.78, 5) is 28.6. The van der Waals surface area contributed by atoms with Gasteiger partial charge in [-0.3, -0.25) is 18.8 Å². The summed E-state index contributed by atoms with van der Waals surface area (Å²) in [5, 5.41) is 4.42. The van der Waals surface area contributed by atoms with Gasteiger partial charge in [-0.05, 0) is 43.4 Å². The fourth-order valence-corrected chi connectivity index (χ4v) is 4.05. The molecule has 3 rings (SSSR count). The molecule has 0 amide bonds. The van der Waals surface area contributed by atoms with Crippen LogP contribution in [0.3, 0.4) is 0 Å². The molecule has 7 heteroatoms. The van der Waals surface area contributed by atoms with Gasteiger partial charge in [-0.25, -0.2) is 4.98 Å². The summed E-state index contributed by atoms with van der Waals surface area (Å²) in [7, 11) is 1.72. The first kappa shape index (κ1) is 17.6. The van der Waals surface area contributed by atoms with Gasteiger partial charge in [-0.2, -0.15) is 5.10 Å². The third-order valence-electron chi connectivity index (χ3n) is 5.08. The number of rotatable bonds is 5. The predicted octanol–water partition coefficient (Wildman–Crippen LogP) is 2.14. The number of hydrogen-bond donors (Lipinski definition) is 0. The number of carbonyl (C=O) groups is 1. The Morgan fingerprint density at radius 3 is 2.72 bits per heavy atom. The molecule has 2 aromatic rings. The molecule has 0 aromatic carbocycles. The van der Waals surface area contributed by atoms with Gasteiger partial charge in [0.2, 0.25) is 0 Å². The summed E-state index contributed by atoms with van der Waals surface area (Å²) in [6, 6.07) is 0. The highest BCUT2D eigenvalue weighted by atomic mass is 16.5. The first-order chi connectivity index (χ1) is 11.9. The summed E-state index contributed by atoms with van der Waals surface area (Å²) in [5.74, 6) is 1.73. The highest BCUT2D eigenvalue weighted by Gasteiger charge is 2.24. The maximum absolute atomic E-state index is 12.3. The fraction of sp³-hybridized carbons (Fsp3) is 0.667. The lowest BCUT2D eigenvalue weighted by Crippen LogP contribution is -2.26. The van der Waals surface area contributed by atoms with Crippen LogP contribution in [0.4, 0.5) is 0 Å². The molecule has 2 heterocycles. The highest BCUT2D eigenvalue weighted by Crippen LogP contribution is 2.34. The van der Waals surface area contributed by atoms with Gasteiger partial charge in [0.25, 0.3) is 5.56 Å². The highest BCUT2D eigenvalue weighted by molar-refractivity contribution is 5.74. The number of carbonyl (C=O) groups excluding carboxylic acids is 1. The van der Waals surface area contributed by atoms with E-state index >= 15 is 0 Å². The molecule has 1 aliphatic carbocycles. The van der Waals surface area contributed by atoms with E-state index in [4.69, 9.17) is 4.74 Å². The topological polar surface area (TPSA) is 79.0 Å². The lowest BCUT2D eigenvalue weighted by Gasteiger charge is -2.31. The van der Waals surface area contributed by atoms with Crippen molar-refractivity contribution < 1.29 is 9.53 Å². The van der Waals surface area contributed by atoms with Gasteiger partial charge >= 0.3 is 5.97 Å². The van der Waals surface area contributed by atoms with E-state index in [0.717, 1.165) is 18.3 Å². The van der Waals surface area contributed by atoms with E-state index in [1.54, 1.807) is 7.05 Å². The summed E-state index contributed by atoms with van der Waals surface area (Å²) in [6.45, 7) is 4.89. The quantitative estimate of drug-likeness (QED) is 0.775. The molecule has 7 nitrogen and oxygen atoms in total. The molecule has 1 saturated carbocycles. The van der Waals surface area contributed by atoms with E-state index in [9.17, 15) is 9.59 Å². The van der Waals surface area contributed by atoms with E-state index in [0.29, 0.717) is 23.6 Å². The average Bonchev–Trinajstić information content (AvgIpc) is 2.91. The Hall–Kier alpha value is -2.18. The first-order valence-corrected chi connectivity index (χ1v) is 8.96. The summed E-state index contributed by atoms with van der Waals surface area (Å²) < 4.78 is 8.15. The van der Waals surface area contributed by atoms with E-state index < -0.39 is 5.97 Å². The van der Waals surface area contributed by atoms with Gasteiger partial charge in [-0.15, -0.1) is 0 Å². The second-order valence-electron chi connectivity index (χ2n) is 7.48. The van der Waals surface area contributed by atoms with Crippen LogP contribution in [0.5, 0.6) is 0 Å². The van der Waals surface area contributed by atoms with Crippen molar-refractivity contribution in [2.75, 3.05) is 6.61 Å². The third-order valence-corrected chi connectivity index (χ3v) is 5.08. The van der Waals surface area contributed by atoms with Gasteiger partial charge in [0, 0.05) is 7.05 Å². The van der Waals surface area contributed by atoms with Gasteiger partial charge in [0.05, 0.1) is 12.8 Å². The maximum atomic E-state index is 12.3. The maximum Gasteiger partial charge on any atom is 0.326 e. The Labute approximate surface area is 147 Å². The van der Waals surface area contributed by atoms with Crippen LogP contribution in [0.1, 0.15) is 39.5 Å². The van der Waals surface area contributed by atoms with Gasteiger partial charge in [0.15, 0.2) is 5.65 Å². The number of nitrogens with zero attached hydrogens (tertiary/aromatic N) is 4. The van der Waals surface area contributed by atoms with Crippen molar-refractivity contribution in [2.24, 2.45) is 24.8 Å². The van der Waals surface area contributed by atoms with E-state index in [1.807, 2.05) is 0 Å². The fourth-order valence-electron chi connectivity index (χ4n) is 4.05. The second-order valence-corrected chi connectivity index (χ2v) is 7.48. The van der Waals surface area contributed by atoms with Crippen molar-refractivity contribution in [3.8, 4) is 0 Å². The van der Waals surface area contributed by atoms with Crippen LogP contribution in [-0.2, 0) is 23.1 Å². The van der Waals surface area contributed by atoms with Crippen molar-refractivity contribution >= 4 is 17.0 Å². The van der Waals surface area contributed by atoms with Crippen molar-refractivity contribution in [3.63, 3.8) is 0 Å². The molecule has 2 unspecified atom stereocenters. The van der Waals surface area contributed by atoms with Crippen LogP contribution < -0.4 is 5.56 Å². The normalized spacial score (nSPS) is 23.7. The lowest BCUT2D eigenvalue weighted by molar-refractivity contribution is -0.144. The molecule has 1 fully saturated rings. The van der Waals surface area contributed by atoms with Gasteiger partial charge < -0.3 is 4.74 Å². The number of aryl methyl sites for hydroxylation is 1. The molecule has 0 radical (unpaired) electrons. The molecule has 2 atom stereocenters. The largest absolute Gasteiger partial charge is 0.464 e. The van der Waals surface area contributed by atoms with Crippen LogP contribution >= 0.6 is 0 Å². The van der Waals surface area contributed by atoms with E-state index in [1.165, 1.54) is 41.0 Å². The number of ether oxygens (including phenoxy) is 1. The summed E-state index contributed by atoms with van der Waals surface area (Å²) in [6.07, 6.45) is 7.46. The minimum absolute atomic E-state index is 0.117. The molecule has 1 aliphatic rings. The molecular weight excluding hydrogens is 320 g/mol. The zero-order chi connectivity index (χ0) is 18.0. The van der Waals surface area contributed by atoms with Crippen molar-refractivity contribution in [2.45, 2.75) is 46.1 Å². The minimum atomic E-state index is -0.399. The van der Waals surface area contributed by atoms with Gasteiger partial charge in [0.1, 0.15) is 18.3 Å². The van der Waals surface area contributed by atoms with Crippen molar-refractivity contribution in [3.05, 3.63) is 22.9 Å². The van der Waals surface area contributed by atoms with Crippen LogP contribution in [0.2, 0.25) is 0 Å². The molecular formula is C18H26N4O3. The molecule has 25 heavy (non-hydrogen) atoms. The molecule has 0 spiro atoms. The monoisotopic (exact) mass is 346 g/mol. The standard InChI is InChI=1S/C18H26N4O3/c1-12-6-13(2)8-14(7-12)4-5-25-16(23)10-22-11-19-17-15(18(22)24)9-20-21(17)3/h9,11-14H,4-8,10H2,1-3H3. The molecule has 0 N–H and O–H groups in total. The Balaban J connectivity index is 1.53. The number of hydrogen-bond acceptors (Lipinski definition) is 5. The second kappa shape index (κ2) is 7.37. The van der Waals surface area contributed by atoms with Crippen molar-refractivity contribution in [1.82, 2.24) is 19.3 Å². The Bertz CT molecular complexity index is 800. The summed E-state index contributed by atoms with van der Waals surface area (Å²) in [5.41, 5.74) is 0.236. The molecule has 0 bridgehead atoms. The number of fused-ring (bicyclic) bond motifs is 1. The van der Waals surface area contributed by atoms with E-state index in [2.05, 4.69) is 23.9 Å². The third kappa shape index (κ3) is 4.08. The number of aromatic nitrogens is 4. The van der Waals surface area contributed by atoms with Crippen LogP contribution in [-0.4, -0.2) is 31.9 Å². The van der Waals surface area contributed by atoms with Crippen LogP contribution in [0, 0.1) is 17.8 Å². The molecule has 2 aromatic heterocycles. The molecule has 0 aliphatic heterocycles. The van der Waals surface area contributed by atoms with Gasteiger partial charge in [-0.1, -0.05) is 13.8 Å². The Morgan fingerprint density at radius 1 is 1.28 bits per heavy atom. The zero-order valence-electron chi connectivity index (χ0n) is 15.1. The minimum Gasteiger partial charge on any atom is -0.464 e. The number of esters is 1. The predicted molar refractivity (Wildman–Crippen MR) is 94.0 cm³/mol. The average molecular weight is 346 g/mol. The zero-order valence-corrected chi connectivity index (χ0v) is 15.1. The molecule has 136 valence electrons. The smallest absolute Gasteiger partial charge is 0.326 e. The summed E-state index contributed by atoms with van der Waals surface area (Å²) >= 11 is 0. The Kier molecular flexibility index (Phi) is 5.20. The van der Waals surface area contributed by atoms with E-state index in [-0.39, 0.29) is 12.1 Å². The van der Waals surface area contributed by atoms with Crippen LogP contribution in [0.15, 0.2) is 17.3 Å².